The van der Waals surface area contributed by atoms with Crippen LogP contribution in [0.5, 0.6) is 0 Å². The molecule has 3 rings (SSSR count). The molecule has 10 heteroatoms. The molecule has 38 heavy (non-hydrogen) atoms. The van der Waals surface area contributed by atoms with Crippen molar-refractivity contribution < 1.29 is 37.0 Å². The molecule has 3 aromatic rings. The zero-order valence-electron chi connectivity index (χ0n) is 20.5. The summed E-state index contributed by atoms with van der Waals surface area (Å²) in [5.41, 5.74) is 0.325. The number of esters is 1. The fourth-order valence-electron chi connectivity index (χ4n) is 3.77. The lowest BCUT2D eigenvalue weighted by atomic mass is 9.99. The summed E-state index contributed by atoms with van der Waals surface area (Å²) in [5, 5.41) is 4.94. The van der Waals surface area contributed by atoms with Gasteiger partial charge in [-0.15, -0.1) is 0 Å². The fraction of sp³-hybridized carbons (Fsp3) is 0.250. The normalized spacial score (nSPS) is 12.6. The molecular weight excluding hydrogens is 501 g/mol. The first-order valence-electron chi connectivity index (χ1n) is 11.7. The van der Waals surface area contributed by atoms with Gasteiger partial charge in [-0.3, -0.25) is 4.79 Å². The van der Waals surface area contributed by atoms with Crippen molar-refractivity contribution in [3.05, 3.63) is 107 Å². The van der Waals surface area contributed by atoms with Gasteiger partial charge in [0.05, 0.1) is 12.7 Å². The SMILES string of the molecule is COC(=O)[C@H](Cc1ccccc1C(F)(F)F)NC(=O)[C@H](Cc1ccccc1)NC(=O)OCc1ccccc1. The highest BCUT2D eigenvalue weighted by Crippen LogP contribution is 2.32. The van der Waals surface area contributed by atoms with Gasteiger partial charge in [0, 0.05) is 12.8 Å². The maximum atomic E-state index is 13.5. The highest BCUT2D eigenvalue weighted by molar-refractivity contribution is 5.90. The molecule has 200 valence electrons. The minimum Gasteiger partial charge on any atom is -0.467 e. The molecule has 0 saturated carbocycles. The van der Waals surface area contributed by atoms with Crippen LogP contribution in [0.25, 0.3) is 0 Å². The number of hydrogen-bond donors (Lipinski definition) is 2. The van der Waals surface area contributed by atoms with Gasteiger partial charge in [-0.1, -0.05) is 78.9 Å². The first-order valence-corrected chi connectivity index (χ1v) is 11.7. The number of methoxy groups -OCH3 is 1. The average molecular weight is 529 g/mol. The van der Waals surface area contributed by atoms with Crippen LogP contribution in [0.4, 0.5) is 18.0 Å². The largest absolute Gasteiger partial charge is 0.467 e. The molecule has 0 saturated heterocycles. The lowest BCUT2D eigenvalue weighted by molar-refractivity contribution is -0.146. The summed E-state index contributed by atoms with van der Waals surface area (Å²) < 4.78 is 50.4. The Kier molecular flexibility index (Phi) is 9.86. The van der Waals surface area contributed by atoms with Crippen LogP contribution < -0.4 is 10.6 Å². The van der Waals surface area contributed by atoms with E-state index in [1.165, 1.54) is 18.2 Å². The van der Waals surface area contributed by atoms with Crippen LogP contribution in [-0.4, -0.2) is 37.2 Å². The van der Waals surface area contributed by atoms with Crippen molar-refractivity contribution in [3.8, 4) is 0 Å². The van der Waals surface area contributed by atoms with Crippen molar-refractivity contribution in [2.24, 2.45) is 0 Å². The van der Waals surface area contributed by atoms with E-state index >= 15 is 0 Å². The Morgan fingerprint density at radius 1 is 0.763 bits per heavy atom. The van der Waals surface area contributed by atoms with E-state index < -0.39 is 48.2 Å². The molecule has 0 spiro atoms. The molecule has 0 aromatic heterocycles. The van der Waals surface area contributed by atoms with Crippen LogP contribution in [0.15, 0.2) is 84.9 Å². The Morgan fingerprint density at radius 2 is 1.34 bits per heavy atom. The molecule has 3 aromatic carbocycles. The topological polar surface area (TPSA) is 93.7 Å². The second-order valence-electron chi connectivity index (χ2n) is 8.39. The van der Waals surface area contributed by atoms with E-state index in [1.807, 2.05) is 6.07 Å². The van der Waals surface area contributed by atoms with E-state index in [2.05, 4.69) is 10.6 Å². The van der Waals surface area contributed by atoms with Gasteiger partial charge in [0.25, 0.3) is 0 Å². The molecule has 0 heterocycles. The third kappa shape index (κ3) is 8.36. The molecule has 0 unspecified atom stereocenters. The zero-order valence-corrected chi connectivity index (χ0v) is 20.5. The van der Waals surface area contributed by atoms with Crippen molar-refractivity contribution >= 4 is 18.0 Å². The van der Waals surface area contributed by atoms with Crippen LogP contribution in [0.2, 0.25) is 0 Å². The summed E-state index contributed by atoms with van der Waals surface area (Å²) in [6.07, 6.45) is -5.95. The molecule has 0 aliphatic carbocycles. The number of carbonyl (C=O) groups excluding carboxylic acids is 3. The molecule has 0 fully saturated rings. The van der Waals surface area contributed by atoms with E-state index in [0.29, 0.717) is 5.56 Å². The Morgan fingerprint density at radius 3 is 1.95 bits per heavy atom. The molecule has 0 bridgehead atoms. The molecule has 0 radical (unpaired) electrons. The van der Waals surface area contributed by atoms with Crippen molar-refractivity contribution in [1.29, 1.82) is 0 Å². The van der Waals surface area contributed by atoms with Crippen LogP contribution in [-0.2, 0) is 44.7 Å². The van der Waals surface area contributed by atoms with Gasteiger partial charge in [-0.2, -0.15) is 13.2 Å². The summed E-state index contributed by atoms with van der Waals surface area (Å²) in [7, 11) is 1.07. The number of alkyl carbamates (subject to hydrolysis) is 1. The first kappa shape index (κ1) is 28.2. The second-order valence-corrected chi connectivity index (χ2v) is 8.39. The number of alkyl halides is 3. The predicted octanol–water partition coefficient (Wildman–Crippen LogP) is 4.44. The van der Waals surface area contributed by atoms with Crippen LogP contribution in [0.3, 0.4) is 0 Å². The van der Waals surface area contributed by atoms with Gasteiger partial charge >= 0.3 is 18.2 Å². The monoisotopic (exact) mass is 528 g/mol. The highest BCUT2D eigenvalue weighted by Gasteiger charge is 2.35. The van der Waals surface area contributed by atoms with Crippen LogP contribution >= 0.6 is 0 Å². The standard InChI is InChI=1S/C28H27F3N2O5/c1-37-26(35)24(17-21-14-8-9-15-22(21)28(29,30)31)32-25(34)23(16-19-10-4-2-5-11-19)33-27(36)38-18-20-12-6-3-7-13-20/h2-15,23-24H,16-18H2,1H3,(H,32,34)(H,33,36)/t23-,24-/m0/s1. The maximum Gasteiger partial charge on any atom is 0.416 e. The third-order valence-electron chi connectivity index (χ3n) is 5.65. The van der Waals surface area contributed by atoms with Gasteiger partial charge in [-0.25, -0.2) is 9.59 Å². The summed E-state index contributed by atoms with van der Waals surface area (Å²) >= 11 is 0. The van der Waals surface area contributed by atoms with E-state index in [1.54, 1.807) is 54.6 Å². The van der Waals surface area contributed by atoms with Gasteiger partial charge in [-0.05, 0) is 22.8 Å². The summed E-state index contributed by atoms with van der Waals surface area (Å²) in [5.74, 6) is -1.72. The van der Waals surface area contributed by atoms with Crippen LogP contribution in [0, 0.1) is 0 Å². The smallest absolute Gasteiger partial charge is 0.416 e. The molecular formula is C28H27F3N2O5. The lowest BCUT2D eigenvalue weighted by Crippen LogP contribution is -2.53. The summed E-state index contributed by atoms with van der Waals surface area (Å²) in [6.45, 7) is -0.0363. The Labute approximate surface area is 218 Å². The number of benzene rings is 3. The van der Waals surface area contributed by atoms with Crippen molar-refractivity contribution in [2.45, 2.75) is 37.7 Å². The van der Waals surface area contributed by atoms with Gasteiger partial charge in [0.2, 0.25) is 5.91 Å². The van der Waals surface area contributed by atoms with E-state index in [0.717, 1.165) is 18.7 Å². The maximum absolute atomic E-state index is 13.5. The number of amides is 2. The van der Waals surface area contributed by atoms with E-state index in [4.69, 9.17) is 9.47 Å². The quantitative estimate of drug-likeness (QED) is 0.380. The van der Waals surface area contributed by atoms with E-state index in [-0.39, 0.29) is 18.6 Å². The predicted molar refractivity (Wildman–Crippen MR) is 133 cm³/mol. The Balaban J connectivity index is 1.77. The Hall–Kier alpha value is -4.34. The number of hydrogen-bond acceptors (Lipinski definition) is 5. The average Bonchev–Trinajstić information content (AvgIpc) is 2.91. The van der Waals surface area contributed by atoms with Gasteiger partial charge < -0.3 is 20.1 Å². The minimum absolute atomic E-state index is 0.0363. The molecule has 7 nitrogen and oxygen atoms in total. The minimum atomic E-state index is -4.65. The summed E-state index contributed by atoms with van der Waals surface area (Å²) in [6, 6.07) is 19.8. The third-order valence-corrected chi connectivity index (χ3v) is 5.65. The number of halogens is 3. The number of carbonyl (C=O) groups is 3. The van der Waals surface area contributed by atoms with Gasteiger partial charge in [0.15, 0.2) is 0 Å². The zero-order chi connectivity index (χ0) is 27.5. The molecule has 2 atom stereocenters. The first-order chi connectivity index (χ1) is 18.2. The fourth-order valence-corrected chi connectivity index (χ4v) is 3.77. The van der Waals surface area contributed by atoms with Gasteiger partial charge in [0.1, 0.15) is 18.7 Å². The molecule has 0 aliphatic heterocycles. The lowest BCUT2D eigenvalue weighted by Gasteiger charge is -2.23. The Bertz CT molecular complexity index is 1220. The number of ether oxygens (including phenoxy) is 2. The highest BCUT2D eigenvalue weighted by atomic mass is 19.4. The molecule has 2 amide bonds. The second kappa shape index (κ2) is 13.3. The summed E-state index contributed by atoms with van der Waals surface area (Å²) in [4.78, 5) is 38.2. The van der Waals surface area contributed by atoms with E-state index in [9.17, 15) is 27.6 Å². The number of rotatable bonds is 10. The molecule has 2 N–H and O–H groups in total. The van der Waals surface area contributed by atoms with Crippen molar-refractivity contribution in [1.82, 2.24) is 10.6 Å². The molecule has 0 aliphatic rings. The van der Waals surface area contributed by atoms with Crippen molar-refractivity contribution in [2.75, 3.05) is 7.11 Å². The van der Waals surface area contributed by atoms with Crippen molar-refractivity contribution in [3.63, 3.8) is 0 Å². The van der Waals surface area contributed by atoms with Crippen LogP contribution in [0.1, 0.15) is 22.3 Å². The number of nitrogens with one attached hydrogen (secondary N) is 2.